The minimum atomic E-state index is -0.940. The van der Waals surface area contributed by atoms with Gasteiger partial charge in [-0.05, 0) is 19.3 Å². The molecule has 4 N–H and O–H groups in total. The quantitative estimate of drug-likeness (QED) is 0.327. The zero-order chi connectivity index (χ0) is 8.15. The summed E-state index contributed by atoms with van der Waals surface area (Å²) in [5.74, 6) is -0.0188. The molecule has 10 heavy (non-hydrogen) atoms. The Labute approximate surface area is 60.5 Å². The summed E-state index contributed by atoms with van der Waals surface area (Å²) in [6.45, 7) is 3.44. The molecule has 4 nitrogen and oxygen atoms in total. The van der Waals surface area contributed by atoms with E-state index in [-0.39, 0.29) is 5.92 Å². The smallest absolute Gasteiger partial charge is 0.127 e. The molecule has 0 amide bonds. The molecule has 3 unspecified atom stereocenters. The Bertz CT molecular complexity index is 87.1. The highest BCUT2D eigenvalue weighted by atomic mass is 16.5. The summed E-state index contributed by atoms with van der Waals surface area (Å²) in [5, 5.41) is 25.9. The van der Waals surface area contributed by atoms with Gasteiger partial charge in [0.05, 0.1) is 6.10 Å². The Morgan fingerprint density at radius 3 is 2.10 bits per heavy atom. The molecule has 0 rings (SSSR count). The van der Waals surface area contributed by atoms with Gasteiger partial charge in [-0.2, -0.15) is 5.48 Å². The number of hydrogen-bond acceptors (Lipinski definition) is 4. The normalized spacial score (nSPS) is 20.1. The van der Waals surface area contributed by atoms with Crippen molar-refractivity contribution >= 4 is 0 Å². The van der Waals surface area contributed by atoms with Gasteiger partial charge in [-0.15, -0.1) is 0 Å². The second kappa shape index (κ2) is 4.62. The number of rotatable bonds is 4. The molecule has 0 aliphatic heterocycles. The van der Waals surface area contributed by atoms with Crippen molar-refractivity contribution in [3.8, 4) is 0 Å². The molecule has 0 heterocycles. The number of nitrogens with one attached hydrogen (secondary N) is 1. The van der Waals surface area contributed by atoms with Crippen LogP contribution < -0.4 is 5.48 Å². The molecule has 0 saturated carbocycles. The van der Waals surface area contributed by atoms with Gasteiger partial charge in [-0.25, -0.2) is 0 Å². The van der Waals surface area contributed by atoms with Crippen LogP contribution in [0, 0.1) is 5.92 Å². The van der Waals surface area contributed by atoms with Crippen molar-refractivity contribution in [2.45, 2.75) is 32.6 Å². The largest absolute Gasteiger partial charge is 0.393 e. The Morgan fingerprint density at radius 2 is 1.80 bits per heavy atom. The zero-order valence-electron chi connectivity index (χ0n) is 6.28. The van der Waals surface area contributed by atoms with E-state index in [9.17, 15) is 0 Å². The van der Waals surface area contributed by atoms with Crippen LogP contribution in [0.25, 0.3) is 0 Å². The molecule has 3 atom stereocenters. The van der Waals surface area contributed by atoms with Gasteiger partial charge in [0.1, 0.15) is 6.23 Å². The van der Waals surface area contributed by atoms with Crippen LogP contribution in [0.4, 0.5) is 0 Å². The van der Waals surface area contributed by atoms with Crippen LogP contribution in [0.5, 0.6) is 0 Å². The average molecular weight is 149 g/mol. The summed E-state index contributed by atoms with van der Waals surface area (Å²) in [6.07, 6.45) is -1.05. The topological polar surface area (TPSA) is 72.7 Å². The molecule has 0 aliphatic rings. The van der Waals surface area contributed by atoms with Crippen molar-refractivity contribution < 1.29 is 15.4 Å². The summed E-state index contributed by atoms with van der Waals surface area (Å²) < 4.78 is 0. The lowest BCUT2D eigenvalue weighted by Gasteiger charge is -2.16. The van der Waals surface area contributed by atoms with E-state index in [1.54, 1.807) is 19.3 Å². The molecule has 0 saturated heterocycles. The molecular weight excluding hydrogens is 134 g/mol. The predicted molar refractivity (Wildman–Crippen MR) is 36.4 cm³/mol. The average Bonchev–Trinajstić information content (AvgIpc) is 1.87. The van der Waals surface area contributed by atoms with E-state index in [0.717, 1.165) is 0 Å². The Hall–Kier alpha value is -0.160. The molecule has 0 fully saturated rings. The Balaban J connectivity index is 3.46. The minimum absolute atomic E-state index is 0.0188. The van der Waals surface area contributed by atoms with Gasteiger partial charge in [0.25, 0.3) is 0 Å². The summed E-state index contributed by atoms with van der Waals surface area (Å²) in [4.78, 5) is 0. The van der Waals surface area contributed by atoms with Gasteiger partial charge >= 0.3 is 0 Å². The van der Waals surface area contributed by atoms with E-state index in [4.69, 9.17) is 15.4 Å². The predicted octanol–water partition coefficient (Wildman–Crippen LogP) is -0.309. The molecule has 0 aliphatic carbocycles. The van der Waals surface area contributed by atoms with Crippen molar-refractivity contribution in [3.05, 3.63) is 0 Å². The third-order valence-corrected chi connectivity index (χ3v) is 1.57. The van der Waals surface area contributed by atoms with Crippen LogP contribution >= 0.6 is 0 Å². The summed E-state index contributed by atoms with van der Waals surface area (Å²) >= 11 is 0. The van der Waals surface area contributed by atoms with Gasteiger partial charge < -0.3 is 15.4 Å². The standard InChI is InChI=1S/C6H15NO3/c1-4(5(2)8)3-6(9)7-10/h4-10H,3H2,1-2H3. The van der Waals surface area contributed by atoms with Crippen LogP contribution in [0.3, 0.4) is 0 Å². The van der Waals surface area contributed by atoms with Gasteiger partial charge in [0.15, 0.2) is 0 Å². The van der Waals surface area contributed by atoms with E-state index < -0.39 is 12.3 Å². The summed E-state index contributed by atoms with van der Waals surface area (Å²) in [5.41, 5.74) is 1.70. The Kier molecular flexibility index (Phi) is 4.55. The summed E-state index contributed by atoms with van der Waals surface area (Å²) in [6, 6.07) is 0. The fraction of sp³-hybridized carbons (Fsp3) is 1.00. The van der Waals surface area contributed by atoms with Crippen LogP contribution in [0.1, 0.15) is 20.3 Å². The minimum Gasteiger partial charge on any atom is -0.393 e. The molecule has 0 bridgehead atoms. The van der Waals surface area contributed by atoms with Crippen molar-refractivity contribution in [1.82, 2.24) is 5.48 Å². The lowest BCUT2D eigenvalue weighted by molar-refractivity contribution is -0.0224. The second-order valence-electron chi connectivity index (χ2n) is 2.60. The maximum absolute atomic E-state index is 8.94. The van der Waals surface area contributed by atoms with E-state index in [2.05, 4.69) is 0 Å². The highest BCUT2D eigenvalue weighted by Crippen LogP contribution is 2.08. The molecule has 62 valence electrons. The molecule has 4 heteroatoms. The maximum atomic E-state index is 8.94. The van der Waals surface area contributed by atoms with Crippen molar-refractivity contribution in [1.29, 1.82) is 0 Å². The fourth-order valence-electron chi connectivity index (χ4n) is 0.602. The number of hydrogen-bond donors (Lipinski definition) is 4. The van der Waals surface area contributed by atoms with Gasteiger partial charge in [-0.3, -0.25) is 0 Å². The van der Waals surface area contributed by atoms with Gasteiger partial charge in [0, 0.05) is 0 Å². The van der Waals surface area contributed by atoms with Crippen LogP contribution in [0.15, 0.2) is 0 Å². The van der Waals surface area contributed by atoms with Crippen LogP contribution in [0.2, 0.25) is 0 Å². The third kappa shape index (κ3) is 3.79. The number of aliphatic hydroxyl groups is 2. The molecule has 0 aromatic carbocycles. The Morgan fingerprint density at radius 1 is 1.30 bits per heavy atom. The highest BCUT2D eigenvalue weighted by molar-refractivity contribution is 4.61. The van der Waals surface area contributed by atoms with Crippen molar-refractivity contribution in [2.24, 2.45) is 5.92 Å². The van der Waals surface area contributed by atoms with Crippen molar-refractivity contribution in [3.63, 3.8) is 0 Å². The first-order chi connectivity index (χ1) is 4.57. The number of hydroxylamine groups is 1. The van der Waals surface area contributed by atoms with Crippen LogP contribution in [-0.2, 0) is 0 Å². The van der Waals surface area contributed by atoms with E-state index in [1.165, 1.54) is 0 Å². The molecule has 0 aromatic heterocycles. The lowest BCUT2D eigenvalue weighted by Crippen LogP contribution is -2.30. The molecular formula is C6H15NO3. The van der Waals surface area contributed by atoms with E-state index in [0.29, 0.717) is 6.42 Å². The zero-order valence-corrected chi connectivity index (χ0v) is 6.28. The van der Waals surface area contributed by atoms with E-state index in [1.807, 2.05) is 0 Å². The van der Waals surface area contributed by atoms with E-state index >= 15 is 0 Å². The maximum Gasteiger partial charge on any atom is 0.127 e. The lowest BCUT2D eigenvalue weighted by atomic mass is 10.0. The SMILES string of the molecule is CC(O)C(C)CC(O)NO. The molecule has 0 aromatic rings. The summed E-state index contributed by atoms with van der Waals surface area (Å²) in [7, 11) is 0. The number of aliphatic hydroxyl groups excluding tert-OH is 2. The monoisotopic (exact) mass is 149 g/mol. The fourth-order valence-corrected chi connectivity index (χ4v) is 0.602. The first-order valence-corrected chi connectivity index (χ1v) is 3.33. The highest BCUT2D eigenvalue weighted by Gasteiger charge is 2.12. The first kappa shape index (κ1) is 9.84. The molecule has 0 radical (unpaired) electrons. The van der Waals surface area contributed by atoms with Crippen LogP contribution in [-0.4, -0.2) is 27.8 Å². The molecule has 0 spiro atoms. The second-order valence-corrected chi connectivity index (χ2v) is 2.60. The van der Waals surface area contributed by atoms with Gasteiger partial charge in [-0.1, -0.05) is 6.92 Å². The third-order valence-electron chi connectivity index (χ3n) is 1.57. The van der Waals surface area contributed by atoms with Crippen molar-refractivity contribution in [2.75, 3.05) is 0 Å². The first-order valence-electron chi connectivity index (χ1n) is 3.33. The van der Waals surface area contributed by atoms with Gasteiger partial charge in [0.2, 0.25) is 0 Å².